The van der Waals surface area contributed by atoms with Crippen LogP contribution in [0.5, 0.6) is 0 Å². The molecule has 1 aromatic rings. The molecule has 4 nitrogen and oxygen atoms in total. The SMILES string of the molecule is O=[N+]([O-])c1ccc(F)c(F)c1NCCC1=CCCCC1. The highest BCUT2D eigenvalue weighted by molar-refractivity contribution is 5.62. The molecule has 0 aromatic heterocycles. The van der Waals surface area contributed by atoms with E-state index in [1.165, 1.54) is 12.0 Å². The Morgan fingerprint density at radius 1 is 1.30 bits per heavy atom. The molecule has 0 spiro atoms. The second-order valence-corrected chi connectivity index (χ2v) is 4.80. The van der Waals surface area contributed by atoms with Crippen LogP contribution in [0.1, 0.15) is 32.1 Å². The van der Waals surface area contributed by atoms with Crippen molar-refractivity contribution in [2.24, 2.45) is 0 Å². The molecule has 0 saturated carbocycles. The summed E-state index contributed by atoms with van der Waals surface area (Å²) in [6.07, 6.45) is 7.22. The van der Waals surface area contributed by atoms with Crippen LogP contribution < -0.4 is 5.32 Å². The number of hydrogen-bond acceptors (Lipinski definition) is 3. The van der Waals surface area contributed by atoms with Crippen LogP contribution in [-0.4, -0.2) is 11.5 Å². The molecule has 0 bridgehead atoms. The quantitative estimate of drug-likeness (QED) is 0.501. The second kappa shape index (κ2) is 6.45. The molecule has 108 valence electrons. The van der Waals surface area contributed by atoms with Gasteiger partial charge in [0.05, 0.1) is 4.92 Å². The topological polar surface area (TPSA) is 55.2 Å². The minimum atomic E-state index is -1.20. The summed E-state index contributed by atoms with van der Waals surface area (Å²) in [7, 11) is 0. The van der Waals surface area contributed by atoms with Crippen molar-refractivity contribution >= 4 is 11.4 Å². The van der Waals surface area contributed by atoms with Crippen LogP contribution in [-0.2, 0) is 0 Å². The molecule has 6 heteroatoms. The fourth-order valence-electron chi connectivity index (χ4n) is 2.34. The molecule has 0 radical (unpaired) electrons. The summed E-state index contributed by atoms with van der Waals surface area (Å²) in [5, 5.41) is 13.5. The summed E-state index contributed by atoms with van der Waals surface area (Å²) < 4.78 is 26.8. The zero-order valence-corrected chi connectivity index (χ0v) is 11.0. The number of nitro benzene ring substituents is 1. The minimum absolute atomic E-state index is 0.354. The number of benzene rings is 1. The third-order valence-electron chi connectivity index (χ3n) is 3.40. The van der Waals surface area contributed by atoms with Gasteiger partial charge in [-0.25, -0.2) is 8.78 Å². The summed E-state index contributed by atoms with van der Waals surface area (Å²) in [5.41, 5.74) is 0.455. The lowest BCUT2D eigenvalue weighted by Crippen LogP contribution is -2.09. The van der Waals surface area contributed by atoms with Crippen LogP contribution in [0, 0.1) is 21.7 Å². The van der Waals surface area contributed by atoms with Crippen molar-refractivity contribution in [1.82, 2.24) is 0 Å². The standard InChI is InChI=1S/C14H16F2N2O2/c15-11-6-7-12(18(19)20)14(13(11)16)17-9-8-10-4-2-1-3-5-10/h4,6-7,17H,1-3,5,8-9H2. The molecule has 0 saturated heterocycles. The van der Waals surface area contributed by atoms with Gasteiger partial charge < -0.3 is 5.32 Å². The van der Waals surface area contributed by atoms with E-state index < -0.39 is 22.2 Å². The maximum absolute atomic E-state index is 13.6. The highest BCUT2D eigenvalue weighted by Gasteiger charge is 2.21. The van der Waals surface area contributed by atoms with E-state index in [1.807, 2.05) is 0 Å². The molecule has 1 aliphatic carbocycles. The number of nitrogens with one attached hydrogen (secondary N) is 1. The van der Waals surface area contributed by atoms with E-state index in [9.17, 15) is 18.9 Å². The predicted octanol–water partition coefficient (Wildman–Crippen LogP) is 4.18. The molecule has 20 heavy (non-hydrogen) atoms. The maximum Gasteiger partial charge on any atom is 0.295 e. The smallest absolute Gasteiger partial charge is 0.295 e. The summed E-state index contributed by atoms with van der Waals surface area (Å²) in [6.45, 7) is 0.354. The van der Waals surface area contributed by atoms with E-state index in [4.69, 9.17) is 0 Å². The van der Waals surface area contributed by atoms with Gasteiger partial charge in [0.15, 0.2) is 17.3 Å². The second-order valence-electron chi connectivity index (χ2n) is 4.80. The van der Waals surface area contributed by atoms with Crippen molar-refractivity contribution in [3.63, 3.8) is 0 Å². The summed E-state index contributed by atoms with van der Waals surface area (Å²) in [5.74, 6) is -2.29. The Morgan fingerprint density at radius 2 is 2.10 bits per heavy atom. The van der Waals surface area contributed by atoms with Crippen LogP contribution in [0.3, 0.4) is 0 Å². The lowest BCUT2D eigenvalue weighted by Gasteiger charge is -2.14. The normalized spacial score (nSPS) is 14.8. The highest BCUT2D eigenvalue weighted by Crippen LogP contribution is 2.29. The third kappa shape index (κ3) is 3.31. The van der Waals surface area contributed by atoms with Crippen molar-refractivity contribution in [2.45, 2.75) is 32.1 Å². The Balaban J connectivity index is 2.06. The first-order valence-corrected chi connectivity index (χ1v) is 6.63. The van der Waals surface area contributed by atoms with E-state index in [0.29, 0.717) is 13.0 Å². The number of nitro groups is 1. The van der Waals surface area contributed by atoms with E-state index >= 15 is 0 Å². The molecule has 0 fully saturated rings. The van der Waals surface area contributed by atoms with Crippen LogP contribution in [0.25, 0.3) is 0 Å². The number of anilines is 1. The first-order chi connectivity index (χ1) is 9.59. The van der Waals surface area contributed by atoms with Gasteiger partial charge in [-0.3, -0.25) is 10.1 Å². The number of nitrogens with zero attached hydrogens (tertiary/aromatic N) is 1. The van der Waals surface area contributed by atoms with Crippen LogP contribution in [0.2, 0.25) is 0 Å². The molecule has 0 atom stereocenters. The molecule has 1 aliphatic rings. The number of rotatable bonds is 5. The number of hydrogen-bond donors (Lipinski definition) is 1. The van der Waals surface area contributed by atoms with E-state index in [0.717, 1.165) is 31.4 Å². The summed E-state index contributed by atoms with van der Waals surface area (Å²) in [4.78, 5) is 10.1. The van der Waals surface area contributed by atoms with Gasteiger partial charge in [-0.15, -0.1) is 0 Å². The summed E-state index contributed by atoms with van der Waals surface area (Å²) >= 11 is 0. The predicted molar refractivity (Wildman–Crippen MR) is 72.7 cm³/mol. The van der Waals surface area contributed by atoms with Gasteiger partial charge in [0.2, 0.25) is 0 Å². The van der Waals surface area contributed by atoms with Crippen molar-refractivity contribution in [2.75, 3.05) is 11.9 Å². The Hall–Kier alpha value is -1.98. The molecular formula is C14H16F2N2O2. The zero-order valence-electron chi connectivity index (χ0n) is 11.0. The van der Waals surface area contributed by atoms with Crippen LogP contribution >= 0.6 is 0 Å². The van der Waals surface area contributed by atoms with Gasteiger partial charge in [0.1, 0.15) is 0 Å². The Labute approximate surface area is 115 Å². The average Bonchev–Trinajstić information content (AvgIpc) is 2.44. The van der Waals surface area contributed by atoms with Crippen LogP contribution in [0.15, 0.2) is 23.8 Å². The molecule has 0 unspecified atom stereocenters. The van der Waals surface area contributed by atoms with E-state index in [2.05, 4.69) is 11.4 Å². The van der Waals surface area contributed by atoms with Gasteiger partial charge in [-0.1, -0.05) is 11.6 Å². The molecular weight excluding hydrogens is 266 g/mol. The number of allylic oxidation sites excluding steroid dienone is 1. The molecule has 1 aromatic carbocycles. The average molecular weight is 282 g/mol. The monoisotopic (exact) mass is 282 g/mol. The fraction of sp³-hybridized carbons (Fsp3) is 0.429. The molecule has 0 heterocycles. The Kier molecular flexibility index (Phi) is 4.65. The maximum atomic E-state index is 13.6. The van der Waals surface area contributed by atoms with Crippen LogP contribution in [0.4, 0.5) is 20.2 Å². The van der Waals surface area contributed by atoms with E-state index in [-0.39, 0.29) is 5.69 Å². The van der Waals surface area contributed by atoms with Gasteiger partial charge in [0, 0.05) is 12.6 Å². The third-order valence-corrected chi connectivity index (χ3v) is 3.40. The molecule has 1 N–H and O–H groups in total. The number of halogens is 2. The van der Waals surface area contributed by atoms with E-state index in [1.54, 1.807) is 0 Å². The van der Waals surface area contributed by atoms with Gasteiger partial charge in [-0.05, 0) is 38.2 Å². The highest BCUT2D eigenvalue weighted by atomic mass is 19.2. The lowest BCUT2D eigenvalue weighted by molar-refractivity contribution is -0.384. The van der Waals surface area contributed by atoms with Gasteiger partial charge in [-0.2, -0.15) is 0 Å². The Bertz CT molecular complexity index is 544. The summed E-state index contributed by atoms with van der Waals surface area (Å²) in [6, 6.07) is 1.74. The first kappa shape index (κ1) is 14.4. The van der Waals surface area contributed by atoms with Gasteiger partial charge >= 0.3 is 0 Å². The fourth-order valence-corrected chi connectivity index (χ4v) is 2.34. The zero-order chi connectivity index (χ0) is 14.5. The Morgan fingerprint density at radius 3 is 2.75 bits per heavy atom. The van der Waals surface area contributed by atoms with Gasteiger partial charge in [0.25, 0.3) is 5.69 Å². The first-order valence-electron chi connectivity index (χ1n) is 6.63. The lowest BCUT2D eigenvalue weighted by atomic mass is 9.97. The molecule has 0 aliphatic heterocycles. The van der Waals surface area contributed by atoms with Crippen molar-refractivity contribution in [1.29, 1.82) is 0 Å². The molecule has 0 amide bonds. The molecule has 2 rings (SSSR count). The largest absolute Gasteiger partial charge is 0.377 e. The van der Waals surface area contributed by atoms with Crippen molar-refractivity contribution in [3.8, 4) is 0 Å². The minimum Gasteiger partial charge on any atom is -0.377 e. The van der Waals surface area contributed by atoms with Crippen molar-refractivity contribution < 1.29 is 13.7 Å². The van der Waals surface area contributed by atoms with Crippen molar-refractivity contribution in [3.05, 3.63) is 45.5 Å².